The maximum absolute atomic E-state index is 9.73. The average molecular weight is 777 g/mol. The molecule has 0 atom stereocenters. The van der Waals surface area contributed by atoms with Gasteiger partial charge >= 0.3 is 0 Å². The van der Waals surface area contributed by atoms with E-state index in [-0.39, 0.29) is 0 Å². The van der Waals surface area contributed by atoms with Gasteiger partial charge in [0.15, 0.2) is 23.3 Å². The summed E-state index contributed by atoms with van der Waals surface area (Å²) in [5, 5.41) is 13.0. The number of hydrogen-bond acceptors (Lipinski definition) is 8. The summed E-state index contributed by atoms with van der Waals surface area (Å²) < 4.78 is 4.50. The predicted octanol–water partition coefficient (Wildman–Crippen LogP) is 13.3. The second-order valence-corrected chi connectivity index (χ2v) is 16.0. The quantitative estimate of drug-likeness (QED) is 0.167. The standard InChI is InChI=1S/C50H28N6S2/c51-29-34-17-7-8-18-35(34)30-25-27-33(28-26-30)48-54-47(32-15-5-2-6-16-32)55-49(56-48)38-21-12-24-41-42(38)37-20-11-22-39(45(37)58-41)50-52-43(31-13-3-1-4-14-31)46-44(53-50)36-19-9-10-23-40(36)57-46/h1-28H. The van der Waals surface area contributed by atoms with Crippen molar-refractivity contribution in [1.82, 2.24) is 24.9 Å². The molecule has 0 bridgehead atoms. The van der Waals surface area contributed by atoms with Crippen LogP contribution in [0.5, 0.6) is 0 Å². The molecule has 7 aromatic carbocycles. The van der Waals surface area contributed by atoms with Crippen molar-refractivity contribution in [2.75, 3.05) is 0 Å². The minimum Gasteiger partial charge on any atom is -0.226 e. The minimum atomic E-state index is 0.569. The van der Waals surface area contributed by atoms with Crippen molar-refractivity contribution in [2.24, 2.45) is 0 Å². The van der Waals surface area contributed by atoms with E-state index in [1.54, 1.807) is 22.7 Å². The molecule has 0 saturated carbocycles. The summed E-state index contributed by atoms with van der Waals surface area (Å²) in [4.78, 5) is 25.9. The zero-order chi connectivity index (χ0) is 38.6. The Bertz CT molecular complexity index is 3400. The lowest BCUT2D eigenvalue weighted by atomic mass is 9.99. The molecule has 0 unspecified atom stereocenters. The largest absolute Gasteiger partial charge is 0.226 e. The smallest absolute Gasteiger partial charge is 0.164 e. The third kappa shape index (κ3) is 5.72. The molecular formula is C50H28N6S2. The molecule has 0 fully saturated rings. The van der Waals surface area contributed by atoms with Crippen molar-refractivity contribution in [1.29, 1.82) is 5.26 Å². The first-order chi connectivity index (χ1) is 28.7. The van der Waals surface area contributed by atoms with Gasteiger partial charge in [0.25, 0.3) is 0 Å². The number of thiophene rings is 2. The number of nitriles is 1. The second kappa shape index (κ2) is 13.9. The highest BCUT2D eigenvalue weighted by molar-refractivity contribution is 7.26. The van der Waals surface area contributed by atoms with Crippen LogP contribution < -0.4 is 0 Å². The lowest BCUT2D eigenvalue weighted by Crippen LogP contribution is -2.00. The van der Waals surface area contributed by atoms with Crippen LogP contribution in [-0.2, 0) is 0 Å². The number of hydrogen-bond donors (Lipinski definition) is 0. The molecule has 0 radical (unpaired) electrons. The van der Waals surface area contributed by atoms with Crippen LogP contribution in [0.4, 0.5) is 0 Å². The van der Waals surface area contributed by atoms with Gasteiger partial charge in [0.05, 0.1) is 27.5 Å². The molecule has 0 spiro atoms. The molecule has 0 amide bonds. The number of fused-ring (bicyclic) bond motifs is 6. The number of nitrogens with zero attached hydrogens (tertiary/aromatic N) is 6. The summed E-state index contributed by atoms with van der Waals surface area (Å²) in [5.41, 5.74) is 9.11. The minimum absolute atomic E-state index is 0.569. The number of aromatic nitrogens is 5. The maximum Gasteiger partial charge on any atom is 0.164 e. The Morgan fingerprint density at radius 2 is 0.931 bits per heavy atom. The first kappa shape index (κ1) is 33.9. The molecule has 270 valence electrons. The van der Waals surface area contributed by atoms with E-state index in [2.05, 4.69) is 91.0 Å². The molecule has 4 aromatic heterocycles. The second-order valence-electron chi connectivity index (χ2n) is 13.9. The van der Waals surface area contributed by atoms with Crippen LogP contribution in [0.3, 0.4) is 0 Å². The van der Waals surface area contributed by atoms with Gasteiger partial charge in [0, 0.05) is 58.1 Å². The molecule has 0 aliphatic carbocycles. The van der Waals surface area contributed by atoms with Crippen molar-refractivity contribution in [3.63, 3.8) is 0 Å². The van der Waals surface area contributed by atoms with Gasteiger partial charge in [-0.1, -0.05) is 146 Å². The predicted molar refractivity (Wildman–Crippen MR) is 239 cm³/mol. The third-order valence-corrected chi connectivity index (χ3v) is 12.8. The van der Waals surface area contributed by atoms with E-state index in [4.69, 9.17) is 24.9 Å². The SMILES string of the molecule is N#Cc1ccccc1-c1ccc(-c2nc(-c3ccccc3)nc(-c3cccc4sc5c(-c6nc(-c7ccccc7)c7sc8ccccc8c7n6)cccc5c34)n2)cc1. The number of benzene rings is 7. The van der Waals surface area contributed by atoms with E-state index in [9.17, 15) is 5.26 Å². The monoisotopic (exact) mass is 776 g/mol. The van der Waals surface area contributed by atoms with Gasteiger partial charge in [-0.15, -0.1) is 22.7 Å². The van der Waals surface area contributed by atoms with Crippen LogP contribution in [0.25, 0.3) is 108 Å². The number of rotatable bonds is 6. The summed E-state index contributed by atoms with van der Waals surface area (Å²) in [5.74, 6) is 2.45. The summed E-state index contributed by atoms with van der Waals surface area (Å²) >= 11 is 3.48. The Balaban J connectivity index is 1.09. The van der Waals surface area contributed by atoms with Crippen LogP contribution in [0, 0.1) is 11.3 Å². The van der Waals surface area contributed by atoms with Crippen LogP contribution in [0.1, 0.15) is 5.56 Å². The highest BCUT2D eigenvalue weighted by Gasteiger charge is 2.21. The highest BCUT2D eigenvalue weighted by Crippen LogP contribution is 2.45. The first-order valence-electron chi connectivity index (χ1n) is 18.8. The van der Waals surface area contributed by atoms with Crippen LogP contribution in [0.2, 0.25) is 0 Å². The summed E-state index contributed by atoms with van der Waals surface area (Å²) in [6.45, 7) is 0. The Labute approximate surface area is 341 Å². The van der Waals surface area contributed by atoms with Crippen molar-refractivity contribution >= 4 is 63.1 Å². The molecule has 11 aromatic rings. The van der Waals surface area contributed by atoms with Crippen molar-refractivity contribution in [3.8, 4) is 74.0 Å². The van der Waals surface area contributed by atoms with Crippen LogP contribution in [0.15, 0.2) is 170 Å². The molecule has 6 nitrogen and oxygen atoms in total. The van der Waals surface area contributed by atoms with Gasteiger partial charge in [0.2, 0.25) is 0 Å². The Morgan fingerprint density at radius 3 is 1.72 bits per heavy atom. The van der Waals surface area contributed by atoms with E-state index < -0.39 is 0 Å². The van der Waals surface area contributed by atoms with E-state index in [1.165, 1.54) is 4.70 Å². The Kier molecular flexibility index (Phi) is 8.14. The third-order valence-electron chi connectivity index (χ3n) is 10.4. The molecule has 0 saturated heterocycles. The molecule has 0 N–H and O–H groups in total. The van der Waals surface area contributed by atoms with Crippen molar-refractivity contribution < 1.29 is 0 Å². The van der Waals surface area contributed by atoms with E-state index >= 15 is 0 Å². The maximum atomic E-state index is 9.73. The normalized spacial score (nSPS) is 11.4. The molecular weight excluding hydrogens is 749 g/mol. The fourth-order valence-corrected chi connectivity index (χ4v) is 10.1. The topological polar surface area (TPSA) is 88.2 Å². The van der Waals surface area contributed by atoms with Gasteiger partial charge in [0.1, 0.15) is 0 Å². The lowest BCUT2D eigenvalue weighted by Gasteiger charge is -2.10. The van der Waals surface area contributed by atoms with Gasteiger partial charge in [-0.05, 0) is 35.4 Å². The Hall–Kier alpha value is -7.44. The molecule has 8 heteroatoms. The van der Waals surface area contributed by atoms with Gasteiger partial charge in [-0.3, -0.25) is 0 Å². The average Bonchev–Trinajstić information content (AvgIpc) is 3.88. The van der Waals surface area contributed by atoms with Gasteiger partial charge in [-0.25, -0.2) is 24.9 Å². The molecule has 0 aliphatic rings. The zero-order valence-corrected chi connectivity index (χ0v) is 32.3. The first-order valence-corrected chi connectivity index (χ1v) is 20.4. The van der Waals surface area contributed by atoms with Gasteiger partial charge in [-0.2, -0.15) is 5.26 Å². The fraction of sp³-hybridized carbons (Fsp3) is 0. The molecule has 0 aliphatic heterocycles. The molecule has 11 rings (SSSR count). The van der Waals surface area contributed by atoms with Crippen LogP contribution >= 0.6 is 22.7 Å². The summed E-state index contributed by atoms with van der Waals surface area (Å²) in [6.07, 6.45) is 0. The van der Waals surface area contributed by atoms with Crippen molar-refractivity contribution in [2.45, 2.75) is 0 Å². The van der Waals surface area contributed by atoms with Crippen LogP contribution in [-0.4, -0.2) is 24.9 Å². The molecule has 4 heterocycles. The highest BCUT2D eigenvalue weighted by atomic mass is 32.1. The van der Waals surface area contributed by atoms with E-state index in [0.29, 0.717) is 28.9 Å². The lowest BCUT2D eigenvalue weighted by molar-refractivity contribution is 1.08. The summed E-state index contributed by atoms with van der Waals surface area (Å²) in [7, 11) is 0. The van der Waals surface area contributed by atoms with E-state index in [1.807, 2.05) is 84.9 Å². The summed E-state index contributed by atoms with van der Waals surface area (Å²) in [6, 6.07) is 59.7. The zero-order valence-electron chi connectivity index (χ0n) is 30.7. The molecule has 58 heavy (non-hydrogen) atoms. The Morgan fingerprint density at radius 1 is 0.379 bits per heavy atom. The van der Waals surface area contributed by atoms with Gasteiger partial charge < -0.3 is 0 Å². The van der Waals surface area contributed by atoms with Crippen molar-refractivity contribution in [3.05, 3.63) is 175 Å². The fourth-order valence-electron chi connectivity index (χ4n) is 7.69. The van der Waals surface area contributed by atoms with E-state index in [0.717, 1.165) is 80.4 Å².